The molecule has 2 aliphatic rings. The highest BCUT2D eigenvalue weighted by Gasteiger charge is 2.40. The topological polar surface area (TPSA) is 153 Å². The van der Waals surface area contributed by atoms with Gasteiger partial charge in [0.1, 0.15) is 46.4 Å². The molecule has 6 aromatic carbocycles. The molecule has 0 aliphatic heterocycles. The van der Waals surface area contributed by atoms with E-state index >= 15 is 8.78 Å². The second kappa shape index (κ2) is 16.2. The number of halogens is 6. The summed E-state index contributed by atoms with van der Waals surface area (Å²) >= 11 is 0. The minimum atomic E-state index is -1.26. The lowest BCUT2D eigenvalue weighted by atomic mass is 9.67. The molecule has 2 N–H and O–H groups in total. The van der Waals surface area contributed by atoms with Crippen LogP contribution in [-0.2, 0) is 0 Å². The number of nitro groups is 2. The second-order valence-corrected chi connectivity index (χ2v) is 16.6. The maximum Gasteiger partial charge on any atom is 0.519 e. The molecule has 2 fully saturated rings. The van der Waals surface area contributed by atoms with Crippen LogP contribution in [0.5, 0.6) is 11.5 Å². The Kier molecular flexibility index (Phi) is 10.3. The van der Waals surface area contributed by atoms with E-state index < -0.39 is 62.7 Å². The number of nitro benzene ring substituents is 2. The van der Waals surface area contributed by atoms with Crippen molar-refractivity contribution in [3.05, 3.63) is 187 Å². The third-order valence-electron chi connectivity index (χ3n) is 12.8. The first-order chi connectivity index (χ1) is 31.7. The Hall–Kier alpha value is -7.95. The fourth-order valence-electron chi connectivity index (χ4n) is 9.55. The molecule has 0 spiro atoms. The van der Waals surface area contributed by atoms with E-state index in [9.17, 15) is 42.6 Å². The predicted molar refractivity (Wildman–Crippen MR) is 229 cm³/mol. The Morgan fingerprint density at radius 2 is 0.879 bits per heavy atom. The first-order valence-corrected chi connectivity index (χ1v) is 20.7. The molecule has 11 nitrogen and oxygen atoms in total. The summed E-state index contributed by atoms with van der Waals surface area (Å²) in [4.78, 5) is 42.3. The maximum absolute atomic E-state index is 15.1. The summed E-state index contributed by atoms with van der Waals surface area (Å²) in [5.41, 5.74) is 3.17. The van der Waals surface area contributed by atoms with Gasteiger partial charge in [0.15, 0.2) is 0 Å². The standard InChI is InChI=1S/C49H32F6N4O7/c50-29-5-1-23(2-6-29)45-43(37-17-31(52)19-39(54)47(37)56-45)27-13-25(14-27)35-21-33(58(61)62)9-11-41(35)65-49(60)66-42-12-10-34(59(63)64)22-36(42)26-15-28(16-26)44-38-18-32(53)20-40(55)48(38)57-46(44)24-3-7-30(51)8-4-24/h1-12,17-22,25-28,56-57H,13-16H2. The summed E-state index contributed by atoms with van der Waals surface area (Å²) in [5.74, 6) is -5.95. The average Bonchev–Trinajstić information content (AvgIpc) is 3.80. The Bertz CT molecular complexity index is 3070. The zero-order valence-corrected chi connectivity index (χ0v) is 34.1. The summed E-state index contributed by atoms with van der Waals surface area (Å²) in [6.45, 7) is 0. The Morgan fingerprint density at radius 1 is 0.500 bits per heavy atom. The van der Waals surface area contributed by atoms with E-state index in [1.54, 1.807) is 0 Å². The highest BCUT2D eigenvalue weighted by atomic mass is 19.2. The number of ether oxygens (including phenoxy) is 2. The molecule has 0 amide bonds. The summed E-state index contributed by atoms with van der Waals surface area (Å²) in [6.07, 6.45) is -0.0339. The van der Waals surface area contributed by atoms with Gasteiger partial charge in [-0.1, -0.05) is 0 Å². The highest BCUT2D eigenvalue weighted by molar-refractivity contribution is 5.93. The van der Waals surface area contributed by atoms with Crippen LogP contribution in [0.4, 0.5) is 42.5 Å². The molecule has 2 heterocycles. The summed E-state index contributed by atoms with van der Waals surface area (Å²) in [5, 5.41) is 24.4. The third-order valence-corrected chi connectivity index (χ3v) is 12.8. The van der Waals surface area contributed by atoms with Gasteiger partial charge >= 0.3 is 6.16 Å². The number of hydrogen-bond donors (Lipinski definition) is 2. The molecule has 2 aromatic heterocycles. The fourth-order valence-corrected chi connectivity index (χ4v) is 9.55. The molecule has 2 saturated carbocycles. The number of hydrogen-bond acceptors (Lipinski definition) is 7. The van der Waals surface area contributed by atoms with E-state index in [0.29, 0.717) is 59.3 Å². The average molecular weight is 903 g/mol. The molecular weight excluding hydrogens is 871 g/mol. The monoisotopic (exact) mass is 902 g/mol. The number of carbonyl (C=O) groups excluding carboxylic acids is 1. The molecule has 0 saturated heterocycles. The number of aromatic amines is 2. The van der Waals surface area contributed by atoms with Gasteiger partial charge in [-0.3, -0.25) is 20.2 Å². The summed E-state index contributed by atoms with van der Waals surface area (Å²) in [6, 6.07) is 22.2. The largest absolute Gasteiger partial charge is 0.519 e. The number of fused-ring (bicyclic) bond motifs is 2. The van der Waals surface area contributed by atoms with Crippen molar-refractivity contribution in [2.75, 3.05) is 0 Å². The van der Waals surface area contributed by atoms with E-state index in [0.717, 1.165) is 24.3 Å². The van der Waals surface area contributed by atoms with Crippen molar-refractivity contribution in [2.24, 2.45) is 0 Å². The van der Waals surface area contributed by atoms with Gasteiger partial charge in [-0.05, 0) is 144 Å². The molecule has 8 aromatic rings. The number of rotatable bonds is 10. The van der Waals surface area contributed by atoms with Crippen molar-refractivity contribution < 1.29 is 50.5 Å². The summed E-state index contributed by atoms with van der Waals surface area (Å²) < 4.78 is 98.5. The lowest BCUT2D eigenvalue weighted by molar-refractivity contribution is -0.385. The highest BCUT2D eigenvalue weighted by Crippen LogP contribution is 2.56. The molecule has 0 atom stereocenters. The number of carbonyl (C=O) groups is 1. The van der Waals surface area contributed by atoms with E-state index in [1.807, 2.05) is 0 Å². The third kappa shape index (κ3) is 7.54. The lowest BCUT2D eigenvalue weighted by Gasteiger charge is -2.37. The van der Waals surface area contributed by atoms with Crippen LogP contribution in [0.2, 0.25) is 0 Å². The molecule has 0 unspecified atom stereocenters. The number of aromatic nitrogens is 2. The van der Waals surface area contributed by atoms with Gasteiger partial charge in [0.2, 0.25) is 0 Å². The van der Waals surface area contributed by atoms with Crippen molar-refractivity contribution in [1.82, 2.24) is 9.97 Å². The first kappa shape index (κ1) is 42.0. The fraction of sp³-hybridized carbons (Fsp3) is 0.163. The second-order valence-electron chi connectivity index (χ2n) is 16.6. The smallest absolute Gasteiger partial charge is 0.394 e. The molecule has 0 bridgehead atoms. The molecule has 10 rings (SSSR count). The zero-order chi connectivity index (χ0) is 46.1. The van der Waals surface area contributed by atoms with Crippen LogP contribution in [0.25, 0.3) is 44.3 Å². The van der Waals surface area contributed by atoms with Gasteiger partial charge in [0, 0.05) is 58.3 Å². The molecule has 17 heteroatoms. The van der Waals surface area contributed by atoms with E-state index in [-0.39, 0.29) is 67.6 Å². The van der Waals surface area contributed by atoms with Crippen LogP contribution in [0, 0.1) is 55.1 Å². The first-order valence-electron chi connectivity index (χ1n) is 20.7. The van der Waals surface area contributed by atoms with Crippen LogP contribution in [0.1, 0.15) is 71.6 Å². The molecule has 332 valence electrons. The van der Waals surface area contributed by atoms with Crippen molar-refractivity contribution in [1.29, 1.82) is 0 Å². The van der Waals surface area contributed by atoms with E-state index in [2.05, 4.69) is 9.97 Å². The van der Waals surface area contributed by atoms with Gasteiger partial charge in [0.25, 0.3) is 11.4 Å². The summed E-state index contributed by atoms with van der Waals surface area (Å²) in [7, 11) is 0. The lowest BCUT2D eigenvalue weighted by Crippen LogP contribution is -2.24. The number of nitrogens with zero attached hydrogens (tertiary/aromatic N) is 2. The van der Waals surface area contributed by atoms with Gasteiger partial charge in [-0.2, -0.15) is 0 Å². The molecular formula is C49H32F6N4O7. The van der Waals surface area contributed by atoms with Crippen LogP contribution < -0.4 is 9.47 Å². The minimum Gasteiger partial charge on any atom is -0.394 e. The number of nitrogens with one attached hydrogen (secondary N) is 2. The Morgan fingerprint density at radius 3 is 1.24 bits per heavy atom. The van der Waals surface area contributed by atoms with Crippen molar-refractivity contribution in [2.45, 2.75) is 49.4 Å². The van der Waals surface area contributed by atoms with Crippen LogP contribution >= 0.6 is 0 Å². The predicted octanol–water partition coefficient (Wildman–Crippen LogP) is 13.5. The Labute approximate surface area is 368 Å². The zero-order valence-electron chi connectivity index (χ0n) is 34.1. The van der Waals surface area contributed by atoms with Crippen LogP contribution in [0.15, 0.2) is 109 Å². The SMILES string of the molecule is O=C(Oc1ccc([N+](=O)[O-])cc1C1CC(c2c(-c3ccc(F)cc3)[nH]c3c(F)cc(F)cc23)C1)Oc1ccc([N+](=O)[O-])cc1C1CC(c2c(-c3ccc(F)cc3)[nH]c3c(F)cc(F)cc23)C1. The normalized spacial score (nSPS) is 17.9. The van der Waals surface area contributed by atoms with E-state index in [4.69, 9.17) is 9.47 Å². The molecule has 2 aliphatic carbocycles. The van der Waals surface area contributed by atoms with Gasteiger partial charge in [-0.15, -0.1) is 0 Å². The minimum absolute atomic E-state index is 0.0535. The van der Waals surface area contributed by atoms with Gasteiger partial charge < -0.3 is 19.4 Å². The van der Waals surface area contributed by atoms with Crippen molar-refractivity contribution in [3.63, 3.8) is 0 Å². The van der Waals surface area contributed by atoms with Gasteiger partial charge in [0.05, 0.1) is 32.3 Å². The van der Waals surface area contributed by atoms with Crippen molar-refractivity contribution in [3.8, 4) is 34.0 Å². The molecule has 66 heavy (non-hydrogen) atoms. The van der Waals surface area contributed by atoms with Crippen LogP contribution in [0.3, 0.4) is 0 Å². The van der Waals surface area contributed by atoms with Crippen LogP contribution in [-0.4, -0.2) is 26.0 Å². The van der Waals surface area contributed by atoms with Gasteiger partial charge in [-0.25, -0.2) is 31.1 Å². The van der Waals surface area contributed by atoms with Crippen molar-refractivity contribution >= 4 is 39.3 Å². The Balaban J connectivity index is 0.918. The maximum atomic E-state index is 15.1. The quantitative estimate of drug-likeness (QED) is 0.0455. The number of benzene rings is 6. The molecule has 0 radical (unpaired) electrons. The number of H-pyrrole nitrogens is 2. The van der Waals surface area contributed by atoms with E-state index in [1.165, 1.54) is 84.9 Å². The number of non-ortho nitro benzene ring substituents is 2.